The van der Waals surface area contributed by atoms with Gasteiger partial charge >= 0.3 is 0 Å². The molecule has 0 amide bonds. The van der Waals surface area contributed by atoms with Crippen molar-refractivity contribution in [3.8, 4) is 5.75 Å². The van der Waals surface area contributed by atoms with Crippen LogP contribution >= 0.6 is 0 Å². The van der Waals surface area contributed by atoms with Crippen LogP contribution in [0.15, 0.2) is 12.3 Å². The monoisotopic (exact) mass is 270 g/mol. The molecule has 0 spiro atoms. The molecule has 0 saturated heterocycles. The van der Waals surface area contributed by atoms with Gasteiger partial charge in [0.05, 0.1) is 19.4 Å². The van der Waals surface area contributed by atoms with Crippen LogP contribution in [0, 0.1) is 6.92 Å². The normalized spacial score (nSPS) is 8.84. The predicted octanol–water partition coefficient (Wildman–Crippen LogP) is 1.78. The maximum Gasteiger partial charge on any atom is 0.151 e. The second-order valence-corrected chi connectivity index (χ2v) is 3.70. The molecular weight excluding hydrogens is 244 g/mol. The molecule has 5 heteroatoms. The second kappa shape index (κ2) is 13.0. The summed E-state index contributed by atoms with van der Waals surface area (Å²) < 4.78 is 4.97. The average Bonchev–Trinajstić information content (AvgIpc) is 2.42. The van der Waals surface area contributed by atoms with Crippen LogP contribution in [0.3, 0.4) is 0 Å². The SMILES string of the molecule is CC.CN(C)CCO.COc1cc(C=O)cnc1C. The van der Waals surface area contributed by atoms with E-state index >= 15 is 0 Å². The van der Waals surface area contributed by atoms with Gasteiger partial charge in [-0.2, -0.15) is 0 Å². The van der Waals surface area contributed by atoms with Crippen LogP contribution in [-0.4, -0.2) is 55.6 Å². The van der Waals surface area contributed by atoms with E-state index in [9.17, 15) is 4.79 Å². The van der Waals surface area contributed by atoms with Crippen LogP contribution < -0.4 is 4.74 Å². The van der Waals surface area contributed by atoms with E-state index in [0.717, 1.165) is 18.5 Å². The van der Waals surface area contributed by atoms with Crippen molar-refractivity contribution in [1.82, 2.24) is 9.88 Å². The van der Waals surface area contributed by atoms with E-state index in [0.29, 0.717) is 11.3 Å². The Morgan fingerprint density at radius 3 is 2.32 bits per heavy atom. The number of aliphatic hydroxyl groups is 1. The summed E-state index contributed by atoms with van der Waals surface area (Å²) in [4.78, 5) is 16.2. The first kappa shape index (κ1) is 19.9. The summed E-state index contributed by atoms with van der Waals surface area (Å²) in [7, 11) is 5.41. The molecule has 0 aliphatic rings. The zero-order chi connectivity index (χ0) is 15.3. The lowest BCUT2D eigenvalue weighted by Gasteiger charge is -2.03. The van der Waals surface area contributed by atoms with Gasteiger partial charge in [-0.3, -0.25) is 9.78 Å². The fourth-order valence-electron chi connectivity index (χ4n) is 0.999. The van der Waals surface area contributed by atoms with Crippen molar-refractivity contribution >= 4 is 6.29 Å². The average molecular weight is 270 g/mol. The summed E-state index contributed by atoms with van der Waals surface area (Å²) in [5.41, 5.74) is 1.32. The number of likely N-dealkylation sites (N-methyl/N-ethyl adjacent to an activating group) is 1. The van der Waals surface area contributed by atoms with Gasteiger partial charge in [-0.15, -0.1) is 0 Å². The molecule has 0 radical (unpaired) electrons. The van der Waals surface area contributed by atoms with Gasteiger partial charge < -0.3 is 14.7 Å². The van der Waals surface area contributed by atoms with Crippen molar-refractivity contribution in [2.75, 3.05) is 34.4 Å². The molecule has 0 aliphatic heterocycles. The molecule has 0 atom stereocenters. The van der Waals surface area contributed by atoms with Gasteiger partial charge in [-0.1, -0.05) is 13.8 Å². The van der Waals surface area contributed by atoms with E-state index in [1.165, 1.54) is 6.20 Å². The number of aromatic nitrogens is 1. The lowest BCUT2D eigenvalue weighted by Crippen LogP contribution is -2.15. The topological polar surface area (TPSA) is 62.7 Å². The number of aldehydes is 1. The molecule has 19 heavy (non-hydrogen) atoms. The summed E-state index contributed by atoms with van der Waals surface area (Å²) in [6.07, 6.45) is 2.26. The first-order valence-corrected chi connectivity index (χ1v) is 6.26. The highest BCUT2D eigenvalue weighted by molar-refractivity contribution is 5.74. The van der Waals surface area contributed by atoms with E-state index in [1.807, 2.05) is 39.8 Å². The number of hydrogen-bond donors (Lipinski definition) is 1. The minimum Gasteiger partial charge on any atom is -0.495 e. The number of ether oxygens (including phenoxy) is 1. The van der Waals surface area contributed by atoms with E-state index in [4.69, 9.17) is 9.84 Å². The highest BCUT2D eigenvalue weighted by Gasteiger charge is 1.99. The molecular formula is C14H26N2O3. The maximum absolute atomic E-state index is 10.3. The Kier molecular flexibility index (Phi) is 13.6. The summed E-state index contributed by atoms with van der Waals surface area (Å²) in [6, 6.07) is 1.66. The molecule has 0 fully saturated rings. The number of aliphatic hydroxyl groups excluding tert-OH is 1. The quantitative estimate of drug-likeness (QED) is 0.845. The summed E-state index contributed by atoms with van der Waals surface area (Å²) in [6.45, 7) is 6.85. The fourth-order valence-corrected chi connectivity index (χ4v) is 0.999. The lowest BCUT2D eigenvalue weighted by atomic mass is 10.2. The van der Waals surface area contributed by atoms with Crippen LogP contribution in [0.25, 0.3) is 0 Å². The van der Waals surface area contributed by atoms with E-state index in [1.54, 1.807) is 13.2 Å². The highest BCUT2D eigenvalue weighted by atomic mass is 16.5. The number of carbonyl (C=O) groups excluding carboxylic acids is 1. The number of aryl methyl sites for hydroxylation is 1. The third-order valence-electron chi connectivity index (χ3n) is 1.96. The Balaban J connectivity index is 0. The number of pyridine rings is 1. The second-order valence-electron chi connectivity index (χ2n) is 3.70. The molecule has 1 N–H and O–H groups in total. The number of methoxy groups -OCH3 is 1. The van der Waals surface area contributed by atoms with Crippen LogP contribution in [0.2, 0.25) is 0 Å². The third-order valence-corrected chi connectivity index (χ3v) is 1.96. The van der Waals surface area contributed by atoms with Crippen molar-refractivity contribution in [3.05, 3.63) is 23.5 Å². The van der Waals surface area contributed by atoms with Crippen molar-refractivity contribution in [2.45, 2.75) is 20.8 Å². The molecule has 0 aliphatic carbocycles. The zero-order valence-electron chi connectivity index (χ0n) is 12.8. The molecule has 0 bridgehead atoms. The smallest absolute Gasteiger partial charge is 0.151 e. The molecule has 1 aromatic rings. The van der Waals surface area contributed by atoms with Gasteiger partial charge in [-0.25, -0.2) is 0 Å². The van der Waals surface area contributed by atoms with Crippen LogP contribution in [0.4, 0.5) is 0 Å². The predicted molar refractivity (Wildman–Crippen MR) is 77.9 cm³/mol. The van der Waals surface area contributed by atoms with Crippen molar-refractivity contribution in [1.29, 1.82) is 0 Å². The standard InChI is InChI=1S/C8H9NO2.C4H11NO.C2H6/c1-6-8(11-2)3-7(5-10)4-9-6;1-5(2)3-4-6;1-2/h3-5H,1-2H3;6H,3-4H2,1-2H3;1-2H3. The molecule has 0 saturated carbocycles. The Morgan fingerprint density at radius 2 is 2.00 bits per heavy atom. The number of rotatable bonds is 4. The largest absolute Gasteiger partial charge is 0.495 e. The minimum atomic E-state index is 0.257. The van der Waals surface area contributed by atoms with Gasteiger partial charge in [0.2, 0.25) is 0 Å². The third kappa shape index (κ3) is 10.2. The minimum absolute atomic E-state index is 0.257. The Hall–Kier alpha value is -1.46. The molecule has 1 aromatic heterocycles. The van der Waals surface area contributed by atoms with Gasteiger partial charge in [0, 0.05) is 18.3 Å². The van der Waals surface area contributed by atoms with E-state index in [2.05, 4.69) is 4.98 Å². The summed E-state index contributed by atoms with van der Waals surface area (Å²) in [5.74, 6) is 0.648. The van der Waals surface area contributed by atoms with Crippen LogP contribution in [0.5, 0.6) is 5.75 Å². The summed E-state index contributed by atoms with van der Waals surface area (Å²) in [5, 5.41) is 8.20. The zero-order valence-corrected chi connectivity index (χ0v) is 12.8. The number of nitrogens with zero attached hydrogens (tertiary/aromatic N) is 2. The van der Waals surface area contributed by atoms with Gasteiger partial charge in [0.25, 0.3) is 0 Å². The molecule has 1 rings (SSSR count). The first-order valence-electron chi connectivity index (χ1n) is 6.26. The van der Waals surface area contributed by atoms with Gasteiger partial charge in [0.15, 0.2) is 6.29 Å². The fraction of sp³-hybridized carbons (Fsp3) is 0.571. The van der Waals surface area contributed by atoms with Gasteiger partial charge in [0.1, 0.15) is 5.75 Å². The Bertz CT molecular complexity index is 341. The van der Waals surface area contributed by atoms with Crippen LogP contribution in [0.1, 0.15) is 29.9 Å². The number of hydrogen-bond acceptors (Lipinski definition) is 5. The van der Waals surface area contributed by atoms with Crippen LogP contribution in [-0.2, 0) is 0 Å². The summed E-state index contributed by atoms with van der Waals surface area (Å²) >= 11 is 0. The van der Waals surface area contributed by atoms with E-state index < -0.39 is 0 Å². The van der Waals surface area contributed by atoms with Gasteiger partial charge in [-0.05, 0) is 27.1 Å². The first-order chi connectivity index (χ1) is 9.04. The van der Waals surface area contributed by atoms with E-state index in [-0.39, 0.29) is 6.61 Å². The molecule has 110 valence electrons. The molecule has 1 heterocycles. The van der Waals surface area contributed by atoms with Crippen molar-refractivity contribution < 1.29 is 14.6 Å². The lowest BCUT2D eigenvalue weighted by molar-refractivity contribution is 0.112. The molecule has 5 nitrogen and oxygen atoms in total. The van der Waals surface area contributed by atoms with Crippen molar-refractivity contribution in [3.63, 3.8) is 0 Å². The maximum atomic E-state index is 10.3. The highest BCUT2D eigenvalue weighted by Crippen LogP contribution is 2.14. The Morgan fingerprint density at radius 1 is 1.42 bits per heavy atom. The molecule has 0 aromatic carbocycles. The number of carbonyl (C=O) groups is 1. The molecule has 0 unspecified atom stereocenters. The Labute approximate surface area is 116 Å². The van der Waals surface area contributed by atoms with Crippen molar-refractivity contribution in [2.24, 2.45) is 0 Å².